The van der Waals surface area contributed by atoms with E-state index in [1.165, 1.54) is 0 Å². The third kappa shape index (κ3) is 2.73. The number of hydrogen-bond acceptors (Lipinski definition) is 3. The fourth-order valence-electron chi connectivity index (χ4n) is 2.15. The molecular formula is C13H19ClN2O. The molecule has 1 fully saturated rings. The molecule has 4 heteroatoms. The number of anilines is 1. The van der Waals surface area contributed by atoms with Gasteiger partial charge in [-0.3, -0.25) is 0 Å². The van der Waals surface area contributed by atoms with Crippen molar-refractivity contribution in [3.05, 3.63) is 28.8 Å². The minimum atomic E-state index is -0.398. The van der Waals surface area contributed by atoms with Crippen molar-refractivity contribution in [2.75, 3.05) is 24.6 Å². The summed E-state index contributed by atoms with van der Waals surface area (Å²) in [6.45, 7) is 3.81. The van der Waals surface area contributed by atoms with Crippen molar-refractivity contribution in [3.63, 3.8) is 0 Å². The van der Waals surface area contributed by atoms with E-state index in [-0.39, 0.29) is 6.61 Å². The Morgan fingerprint density at radius 3 is 2.59 bits per heavy atom. The van der Waals surface area contributed by atoms with Gasteiger partial charge in [0.15, 0.2) is 0 Å². The van der Waals surface area contributed by atoms with Crippen LogP contribution >= 0.6 is 11.6 Å². The maximum Gasteiger partial charge on any atom is 0.0612 e. The zero-order chi connectivity index (χ0) is 12.5. The summed E-state index contributed by atoms with van der Waals surface area (Å²) >= 11 is 6.13. The molecule has 1 aliphatic heterocycles. The molecule has 17 heavy (non-hydrogen) atoms. The van der Waals surface area contributed by atoms with Gasteiger partial charge in [-0.25, -0.2) is 0 Å². The SMILES string of the molecule is Cc1ccc(N2CCC(N)(CO)CC2)cc1Cl. The molecule has 94 valence electrons. The van der Waals surface area contributed by atoms with Crippen LogP contribution in [0.1, 0.15) is 18.4 Å². The molecule has 1 aliphatic rings. The van der Waals surface area contributed by atoms with Crippen LogP contribution in [-0.4, -0.2) is 30.3 Å². The average Bonchev–Trinajstić information content (AvgIpc) is 2.34. The summed E-state index contributed by atoms with van der Waals surface area (Å²) in [6, 6.07) is 6.12. The first kappa shape index (κ1) is 12.7. The van der Waals surface area contributed by atoms with E-state index in [9.17, 15) is 5.11 Å². The van der Waals surface area contributed by atoms with Crippen molar-refractivity contribution in [1.29, 1.82) is 0 Å². The summed E-state index contributed by atoms with van der Waals surface area (Å²) in [5.41, 5.74) is 7.89. The molecule has 0 unspecified atom stereocenters. The Kier molecular flexibility index (Phi) is 3.61. The second kappa shape index (κ2) is 4.84. The molecule has 0 aliphatic carbocycles. The van der Waals surface area contributed by atoms with Gasteiger partial charge in [0.25, 0.3) is 0 Å². The Morgan fingerprint density at radius 1 is 1.41 bits per heavy atom. The molecule has 1 aromatic carbocycles. The molecule has 0 radical (unpaired) electrons. The summed E-state index contributed by atoms with van der Waals surface area (Å²) in [7, 11) is 0. The van der Waals surface area contributed by atoms with Crippen molar-refractivity contribution in [3.8, 4) is 0 Å². The van der Waals surface area contributed by atoms with Crippen molar-refractivity contribution in [2.45, 2.75) is 25.3 Å². The summed E-state index contributed by atoms with van der Waals surface area (Å²) in [4.78, 5) is 2.27. The minimum absolute atomic E-state index is 0.0650. The number of benzene rings is 1. The van der Waals surface area contributed by atoms with Gasteiger partial charge in [-0.1, -0.05) is 17.7 Å². The van der Waals surface area contributed by atoms with Crippen molar-refractivity contribution >= 4 is 17.3 Å². The zero-order valence-corrected chi connectivity index (χ0v) is 10.9. The lowest BCUT2D eigenvalue weighted by Gasteiger charge is -2.39. The van der Waals surface area contributed by atoms with Crippen LogP contribution in [0, 0.1) is 6.92 Å². The number of aliphatic hydroxyl groups excluding tert-OH is 1. The maximum absolute atomic E-state index is 9.22. The predicted molar refractivity (Wildman–Crippen MR) is 71.6 cm³/mol. The highest BCUT2D eigenvalue weighted by Gasteiger charge is 2.29. The largest absolute Gasteiger partial charge is 0.394 e. The van der Waals surface area contributed by atoms with Gasteiger partial charge < -0.3 is 15.7 Å². The van der Waals surface area contributed by atoms with E-state index in [4.69, 9.17) is 17.3 Å². The lowest BCUT2D eigenvalue weighted by Crippen LogP contribution is -2.52. The molecule has 2 rings (SSSR count). The van der Waals surface area contributed by atoms with Gasteiger partial charge in [0.1, 0.15) is 0 Å². The fourth-order valence-corrected chi connectivity index (χ4v) is 2.32. The van der Waals surface area contributed by atoms with Crippen LogP contribution in [0.15, 0.2) is 18.2 Å². The van der Waals surface area contributed by atoms with E-state index in [1.54, 1.807) is 0 Å². The van der Waals surface area contributed by atoms with E-state index >= 15 is 0 Å². The van der Waals surface area contributed by atoms with Crippen LogP contribution in [0.5, 0.6) is 0 Å². The monoisotopic (exact) mass is 254 g/mol. The van der Waals surface area contributed by atoms with Crippen molar-refractivity contribution < 1.29 is 5.11 Å². The lowest BCUT2D eigenvalue weighted by molar-refractivity contribution is 0.170. The quantitative estimate of drug-likeness (QED) is 0.848. The fraction of sp³-hybridized carbons (Fsp3) is 0.538. The molecule has 0 aromatic heterocycles. The number of nitrogens with two attached hydrogens (primary N) is 1. The lowest BCUT2D eigenvalue weighted by atomic mass is 9.89. The molecule has 0 amide bonds. The summed E-state index contributed by atoms with van der Waals surface area (Å²) in [6.07, 6.45) is 1.63. The Labute approximate surface area is 107 Å². The highest BCUT2D eigenvalue weighted by Crippen LogP contribution is 2.27. The van der Waals surface area contributed by atoms with Gasteiger partial charge >= 0.3 is 0 Å². The van der Waals surface area contributed by atoms with Crippen molar-refractivity contribution in [1.82, 2.24) is 0 Å². The van der Waals surface area contributed by atoms with E-state index in [0.717, 1.165) is 42.2 Å². The molecular weight excluding hydrogens is 236 g/mol. The molecule has 0 saturated carbocycles. The Morgan fingerprint density at radius 2 is 2.06 bits per heavy atom. The van der Waals surface area contributed by atoms with Crippen LogP contribution in [0.3, 0.4) is 0 Å². The topological polar surface area (TPSA) is 49.5 Å². The zero-order valence-electron chi connectivity index (χ0n) is 10.1. The normalized spacial score (nSPS) is 19.4. The van der Waals surface area contributed by atoms with Gasteiger partial charge in [0.2, 0.25) is 0 Å². The van der Waals surface area contributed by atoms with Gasteiger partial charge in [0, 0.05) is 29.3 Å². The third-order valence-electron chi connectivity index (χ3n) is 3.59. The van der Waals surface area contributed by atoms with Gasteiger partial charge in [-0.2, -0.15) is 0 Å². The molecule has 1 heterocycles. The van der Waals surface area contributed by atoms with E-state index < -0.39 is 5.54 Å². The Hall–Kier alpha value is -0.770. The van der Waals surface area contributed by atoms with E-state index in [2.05, 4.69) is 11.0 Å². The highest BCUT2D eigenvalue weighted by atomic mass is 35.5. The van der Waals surface area contributed by atoms with Crippen LogP contribution in [0.25, 0.3) is 0 Å². The summed E-state index contributed by atoms with van der Waals surface area (Å²) in [5, 5.41) is 10.0. The maximum atomic E-state index is 9.22. The Balaban J connectivity index is 2.08. The first-order chi connectivity index (χ1) is 8.04. The third-order valence-corrected chi connectivity index (χ3v) is 4.00. The molecule has 1 saturated heterocycles. The number of nitrogens with zero attached hydrogens (tertiary/aromatic N) is 1. The van der Waals surface area contributed by atoms with Crippen LogP contribution in [-0.2, 0) is 0 Å². The Bertz CT molecular complexity index is 400. The molecule has 3 nitrogen and oxygen atoms in total. The summed E-state index contributed by atoms with van der Waals surface area (Å²) in [5.74, 6) is 0. The molecule has 0 spiro atoms. The first-order valence-electron chi connectivity index (χ1n) is 5.95. The smallest absolute Gasteiger partial charge is 0.0612 e. The van der Waals surface area contributed by atoms with E-state index in [0.29, 0.717) is 0 Å². The second-order valence-corrected chi connectivity index (χ2v) is 5.35. The second-order valence-electron chi connectivity index (χ2n) is 4.94. The number of aryl methyl sites for hydroxylation is 1. The van der Waals surface area contributed by atoms with Gasteiger partial charge in [-0.05, 0) is 37.5 Å². The minimum Gasteiger partial charge on any atom is -0.394 e. The summed E-state index contributed by atoms with van der Waals surface area (Å²) < 4.78 is 0. The van der Waals surface area contributed by atoms with Crippen molar-refractivity contribution in [2.24, 2.45) is 5.73 Å². The number of hydrogen-bond donors (Lipinski definition) is 2. The molecule has 0 bridgehead atoms. The number of piperidine rings is 1. The van der Waals surface area contributed by atoms with E-state index in [1.807, 2.05) is 19.1 Å². The number of halogens is 1. The van der Waals surface area contributed by atoms with Gasteiger partial charge in [-0.15, -0.1) is 0 Å². The predicted octanol–water partition coefficient (Wildman–Crippen LogP) is 1.94. The van der Waals surface area contributed by atoms with Crippen LogP contribution in [0.2, 0.25) is 5.02 Å². The standard InChI is InChI=1S/C13H19ClN2O/c1-10-2-3-11(8-12(10)14)16-6-4-13(15,9-17)5-7-16/h2-3,8,17H,4-7,9,15H2,1H3. The highest BCUT2D eigenvalue weighted by molar-refractivity contribution is 6.31. The number of aliphatic hydroxyl groups is 1. The molecule has 0 atom stereocenters. The first-order valence-corrected chi connectivity index (χ1v) is 6.33. The van der Waals surface area contributed by atoms with Crippen LogP contribution < -0.4 is 10.6 Å². The average molecular weight is 255 g/mol. The number of rotatable bonds is 2. The van der Waals surface area contributed by atoms with Gasteiger partial charge in [0.05, 0.1) is 6.61 Å². The van der Waals surface area contributed by atoms with Crippen LogP contribution in [0.4, 0.5) is 5.69 Å². The molecule has 3 N–H and O–H groups in total. The molecule has 1 aromatic rings.